The summed E-state index contributed by atoms with van der Waals surface area (Å²) < 4.78 is 4.59. The van der Waals surface area contributed by atoms with Gasteiger partial charge in [0.15, 0.2) is 23.6 Å². The lowest BCUT2D eigenvalue weighted by atomic mass is 9.36. The van der Waals surface area contributed by atoms with E-state index < -0.39 is 0 Å². The van der Waals surface area contributed by atoms with Crippen molar-refractivity contribution in [2.45, 2.75) is 0 Å². The lowest BCUT2D eigenvalue weighted by Gasteiger charge is -2.40. The van der Waals surface area contributed by atoms with Crippen LogP contribution in [0.15, 0.2) is 116 Å². The predicted octanol–water partition coefficient (Wildman–Crippen LogP) is 3.42. The van der Waals surface area contributed by atoms with Gasteiger partial charge in [0, 0.05) is 34.9 Å². The number of anilines is 6. The maximum Gasteiger partial charge on any atom is 0.415 e. The van der Waals surface area contributed by atoms with Crippen LogP contribution in [0.25, 0.3) is 0 Å². The van der Waals surface area contributed by atoms with Gasteiger partial charge in [-0.3, -0.25) is 0 Å². The molecule has 2 aliphatic heterocycles. The van der Waals surface area contributed by atoms with E-state index in [1.54, 1.807) is 0 Å². The molecule has 0 amide bonds. The summed E-state index contributed by atoms with van der Waals surface area (Å²) in [5, 5.41) is 0. The van der Waals surface area contributed by atoms with Crippen LogP contribution in [0.5, 0.6) is 0 Å². The molecule has 0 aliphatic carbocycles. The van der Waals surface area contributed by atoms with Gasteiger partial charge in [-0.15, -0.1) is 0 Å². The Bertz CT molecular complexity index is 1470. The summed E-state index contributed by atoms with van der Waals surface area (Å²) in [7, 11) is 4.34. The Hall–Kier alpha value is -4.38. The van der Waals surface area contributed by atoms with Gasteiger partial charge in [-0.25, -0.2) is 9.13 Å². The molecule has 0 N–H and O–H groups in total. The number of pyridine rings is 2. The third kappa shape index (κ3) is 2.81. The van der Waals surface area contributed by atoms with Crippen LogP contribution in [-0.2, 0) is 14.1 Å². The van der Waals surface area contributed by atoms with Gasteiger partial charge in [0.2, 0.25) is 0 Å². The quantitative estimate of drug-likeness (QED) is 0.295. The molecule has 5 heteroatoms. The Balaban J connectivity index is 1.62. The average molecular weight is 452 g/mol. The zero-order chi connectivity index (χ0) is 23.5. The number of para-hydroxylation sites is 2. The molecule has 2 aliphatic rings. The number of fused-ring (bicyclic) bond motifs is 4. The summed E-state index contributed by atoms with van der Waals surface area (Å²) in [6, 6.07) is 36.9. The molecule has 0 saturated carbocycles. The number of nitrogens with zero attached hydrogens (tertiary/aromatic N) is 4. The molecule has 0 fully saturated rings. The molecule has 166 valence electrons. The standard InChI is InChI=1S/C30H25BN4/c1-32-20-10-18-26-29(32)31-28-24(34(26)22-12-5-3-6-13-22)16-9-17-25(28)35(23-14-7-4-8-15-23)27-19-11-21-33(2)30(27)31/h3-21H,1-2H3/q+2. The molecule has 2 aromatic heterocycles. The lowest BCUT2D eigenvalue weighted by Crippen LogP contribution is -2.75. The van der Waals surface area contributed by atoms with Gasteiger partial charge in [0.05, 0.1) is 0 Å². The van der Waals surface area contributed by atoms with Crippen molar-refractivity contribution in [3.05, 3.63) is 116 Å². The molecule has 7 rings (SSSR count). The van der Waals surface area contributed by atoms with E-state index in [9.17, 15) is 0 Å². The maximum absolute atomic E-state index is 2.42. The summed E-state index contributed by atoms with van der Waals surface area (Å²) in [5.74, 6) is 0. The van der Waals surface area contributed by atoms with Gasteiger partial charge in [-0.2, -0.15) is 0 Å². The van der Waals surface area contributed by atoms with Crippen molar-refractivity contribution >= 4 is 57.5 Å². The van der Waals surface area contributed by atoms with Crippen molar-refractivity contribution in [3.63, 3.8) is 0 Å². The zero-order valence-corrected chi connectivity index (χ0v) is 19.8. The van der Waals surface area contributed by atoms with Crippen LogP contribution in [0.2, 0.25) is 0 Å². The van der Waals surface area contributed by atoms with Crippen molar-refractivity contribution in [2.24, 2.45) is 14.1 Å². The maximum atomic E-state index is 2.42. The monoisotopic (exact) mass is 452 g/mol. The Morgan fingerprint density at radius 3 is 1.37 bits per heavy atom. The third-order valence-corrected chi connectivity index (χ3v) is 7.30. The van der Waals surface area contributed by atoms with Crippen LogP contribution in [0, 0.1) is 0 Å². The molecule has 0 spiro atoms. The molecule has 5 aromatic rings. The Morgan fingerprint density at radius 2 is 0.914 bits per heavy atom. The number of aryl methyl sites for hydroxylation is 2. The van der Waals surface area contributed by atoms with Crippen LogP contribution < -0.4 is 35.6 Å². The minimum atomic E-state index is 0.114. The first kappa shape index (κ1) is 20.0. The highest BCUT2D eigenvalue weighted by atomic mass is 15.2. The van der Waals surface area contributed by atoms with E-state index in [4.69, 9.17) is 0 Å². The number of hydrogen-bond acceptors (Lipinski definition) is 2. The predicted molar refractivity (Wildman–Crippen MR) is 143 cm³/mol. The van der Waals surface area contributed by atoms with Gasteiger partial charge >= 0.3 is 6.71 Å². The number of rotatable bonds is 2. The topological polar surface area (TPSA) is 14.2 Å². The average Bonchev–Trinajstić information content (AvgIpc) is 2.90. The summed E-state index contributed by atoms with van der Waals surface area (Å²) in [6.07, 6.45) is 4.34. The van der Waals surface area contributed by atoms with E-state index in [0.29, 0.717) is 0 Å². The van der Waals surface area contributed by atoms with E-state index in [1.165, 1.54) is 50.8 Å². The van der Waals surface area contributed by atoms with Gasteiger partial charge < -0.3 is 9.80 Å². The largest absolute Gasteiger partial charge is 0.415 e. The number of benzene rings is 3. The Kier molecular flexibility index (Phi) is 4.33. The smallest absolute Gasteiger partial charge is 0.306 e. The minimum Gasteiger partial charge on any atom is -0.306 e. The molecular formula is C30H25BN4+2. The number of hydrogen-bond donors (Lipinski definition) is 0. The SMILES string of the molecule is C[n+]1cccc2c1B1c3c(cccc3N(c3ccccc3)c3ccc[n+](C)c31)N2c1ccccc1. The van der Waals surface area contributed by atoms with Gasteiger partial charge in [-0.1, -0.05) is 42.5 Å². The molecule has 0 radical (unpaired) electrons. The van der Waals surface area contributed by atoms with E-state index in [1.807, 2.05) is 0 Å². The van der Waals surface area contributed by atoms with E-state index in [-0.39, 0.29) is 6.71 Å². The summed E-state index contributed by atoms with van der Waals surface area (Å²) in [4.78, 5) is 4.84. The van der Waals surface area contributed by atoms with Crippen LogP contribution in [0.1, 0.15) is 0 Å². The highest BCUT2D eigenvalue weighted by molar-refractivity contribution is 6.98. The molecule has 35 heavy (non-hydrogen) atoms. The summed E-state index contributed by atoms with van der Waals surface area (Å²) in [5.41, 5.74) is 11.2. The van der Waals surface area contributed by atoms with Crippen molar-refractivity contribution in [1.82, 2.24) is 0 Å². The fourth-order valence-electron chi connectivity index (χ4n) is 5.90. The second-order valence-electron chi connectivity index (χ2n) is 9.26. The molecule has 3 aromatic carbocycles. The first-order chi connectivity index (χ1) is 17.2. The van der Waals surface area contributed by atoms with E-state index in [2.05, 4.69) is 149 Å². The van der Waals surface area contributed by atoms with Crippen molar-refractivity contribution in [2.75, 3.05) is 9.80 Å². The number of aromatic nitrogens is 2. The first-order valence-electron chi connectivity index (χ1n) is 12.0. The minimum absolute atomic E-state index is 0.114. The van der Waals surface area contributed by atoms with Crippen molar-refractivity contribution in [1.29, 1.82) is 0 Å². The van der Waals surface area contributed by atoms with Crippen molar-refractivity contribution < 1.29 is 9.13 Å². The summed E-state index contributed by atoms with van der Waals surface area (Å²) in [6.45, 7) is 0.114. The van der Waals surface area contributed by atoms with Crippen molar-refractivity contribution in [3.8, 4) is 0 Å². The second-order valence-corrected chi connectivity index (χ2v) is 9.26. The van der Waals surface area contributed by atoms with Crippen LogP contribution in [0.3, 0.4) is 0 Å². The fourth-order valence-corrected chi connectivity index (χ4v) is 5.90. The summed E-state index contributed by atoms with van der Waals surface area (Å²) >= 11 is 0. The molecule has 4 nitrogen and oxygen atoms in total. The Morgan fingerprint density at radius 1 is 0.486 bits per heavy atom. The highest BCUT2D eigenvalue weighted by Crippen LogP contribution is 2.42. The van der Waals surface area contributed by atoms with Gasteiger partial charge in [0.1, 0.15) is 25.5 Å². The van der Waals surface area contributed by atoms with Crippen LogP contribution >= 0.6 is 0 Å². The van der Waals surface area contributed by atoms with Gasteiger partial charge in [-0.05, 0) is 54.0 Å². The van der Waals surface area contributed by atoms with Crippen LogP contribution in [0.4, 0.5) is 34.1 Å². The van der Waals surface area contributed by atoms with E-state index >= 15 is 0 Å². The highest BCUT2D eigenvalue weighted by Gasteiger charge is 2.52. The molecule has 0 atom stereocenters. The van der Waals surface area contributed by atoms with Gasteiger partial charge in [0.25, 0.3) is 0 Å². The first-order valence-corrected chi connectivity index (χ1v) is 12.0. The van der Waals surface area contributed by atoms with Crippen LogP contribution in [-0.4, -0.2) is 6.71 Å². The zero-order valence-electron chi connectivity index (χ0n) is 19.8. The molecular weight excluding hydrogens is 427 g/mol. The molecule has 0 bridgehead atoms. The lowest BCUT2D eigenvalue weighted by molar-refractivity contribution is -0.658. The second kappa shape index (κ2) is 7.57. The normalized spacial score (nSPS) is 13.3. The third-order valence-electron chi connectivity index (χ3n) is 7.30. The molecule has 4 heterocycles. The molecule has 0 saturated heterocycles. The Labute approximate surface area is 206 Å². The fraction of sp³-hybridized carbons (Fsp3) is 0.0667. The van der Waals surface area contributed by atoms with E-state index in [0.717, 1.165) is 0 Å². The molecule has 0 unspecified atom stereocenters.